The van der Waals surface area contributed by atoms with Crippen LogP contribution < -0.4 is 15.5 Å². The molecule has 110 valence electrons. The Morgan fingerprint density at radius 2 is 1.67 bits per heavy atom. The van der Waals surface area contributed by atoms with Gasteiger partial charge in [0.2, 0.25) is 11.8 Å². The molecule has 0 spiro atoms. The van der Waals surface area contributed by atoms with Crippen LogP contribution in [0, 0.1) is 0 Å². The molecule has 1 aromatic carbocycles. The summed E-state index contributed by atoms with van der Waals surface area (Å²) in [5.41, 5.74) is 0. The average Bonchev–Trinajstić information content (AvgIpc) is 2.69. The zero-order chi connectivity index (χ0) is 15.6. The van der Waals surface area contributed by atoms with E-state index in [-0.39, 0.29) is 23.3 Å². The van der Waals surface area contributed by atoms with Crippen molar-refractivity contribution in [2.45, 2.75) is 19.0 Å². The molecule has 0 N–H and O–H groups in total. The maximum absolute atomic E-state index is 12.1. The number of imide groups is 1. The number of carbonyl (C=O) groups excluding carboxylic acids is 2. The van der Waals surface area contributed by atoms with Crippen molar-refractivity contribution in [3.8, 4) is 0 Å². The van der Waals surface area contributed by atoms with Gasteiger partial charge in [-0.3, -0.25) is 9.59 Å². The van der Waals surface area contributed by atoms with Crippen LogP contribution in [0.3, 0.4) is 0 Å². The number of benzene rings is 1. The van der Waals surface area contributed by atoms with E-state index in [1.807, 2.05) is 0 Å². The first-order valence-electron chi connectivity index (χ1n) is 5.79. The Morgan fingerprint density at radius 1 is 1.14 bits per heavy atom. The van der Waals surface area contributed by atoms with Crippen molar-refractivity contribution in [1.82, 2.24) is 5.06 Å². The van der Waals surface area contributed by atoms with Crippen molar-refractivity contribution in [1.29, 1.82) is 0 Å². The summed E-state index contributed by atoms with van der Waals surface area (Å²) >= 11 is 0. The fraction of sp³-hybridized carbons (Fsp3) is 0.231. The molecule has 0 unspecified atom stereocenters. The first-order chi connectivity index (χ1) is 9.76. The van der Waals surface area contributed by atoms with Crippen LogP contribution in [0.25, 0.3) is 12.0 Å². The number of alkyl halides is 3. The molecule has 0 aromatic heterocycles. The number of amides is 2. The fourth-order valence-corrected chi connectivity index (χ4v) is 1.65. The molecule has 2 rings (SSSR count). The lowest BCUT2D eigenvalue weighted by Crippen LogP contribution is -2.33. The van der Waals surface area contributed by atoms with Crippen LogP contribution in [-0.4, -0.2) is 23.1 Å². The number of carbonyl (C=O) groups is 2. The van der Waals surface area contributed by atoms with Gasteiger partial charge in [-0.2, -0.15) is 0 Å². The highest BCUT2D eigenvalue weighted by Gasteiger charge is 2.30. The predicted molar refractivity (Wildman–Crippen MR) is 60.7 cm³/mol. The molecule has 1 aliphatic rings. The third kappa shape index (κ3) is 3.70. The van der Waals surface area contributed by atoms with Crippen LogP contribution in [0.4, 0.5) is 13.2 Å². The van der Waals surface area contributed by atoms with Crippen molar-refractivity contribution >= 4 is 23.8 Å². The van der Waals surface area contributed by atoms with Gasteiger partial charge in [0.05, 0.1) is 18.1 Å². The van der Waals surface area contributed by atoms with Crippen LogP contribution in [0.5, 0.6) is 0 Å². The lowest BCUT2D eigenvalue weighted by atomic mass is 10.2. The van der Waals surface area contributed by atoms with Crippen LogP contribution in [0.2, 0.25) is 0 Å². The molecule has 0 aliphatic carbocycles. The molecule has 8 heteroatoms. The molecule has 0 radical (unpaired) electrons. The first kappa shape index (κ1) is 14.8. The van der Waals surface area contributed by atoms with E-state index in [1.165, 1.54) is 6.08 Å². The van der Waals surface area contributed by atoms with Gasteiger partial charge in [-0.25, -0.2) is 5.06 Å². The maximum atomic E-state index is 12.1. The monoisotopic (exact) mass is 299 g/mol. The van der Waals surface area contributed by atoms with Crippen molar-refractivity contribution in [3.63, 3.8) is 0 Å². The van der Waals surface area contributed by atoms with Crippen LogP contribution >= 0.6 is 0 Å². The van der Waals surface area contributed by atoms with E-state index in [4.69, 9.17) is 0 Å². The van der Waals surface area contributed by atoms with Gasteiger partial charge >= 0.3 is 6.18 Å². The Bertz CT molecular complexity index is 657. The van der Waals surface area contributed by atoms with Gasteiger partial charge in [-0.1, -0.05) is 0 Å². The van der Waals surface area contributed by atoms with Crippen LogP contribution in [0.15, 0.2) is 24.3 Å². The Morgan fingerprint density at radius 3 is 2.14 bits per heavy atom. The molecule has 1 aliphatic heterocycles. The van der Waals surface area contributed by atoms with Crippen LogP contribution in [0.1, 0.15) is 12.8 Å². The smallest absolute Gasteiger partial charge is 0.514 e. The number of nitrogens with zero attached hydrogens (tertiary/aromatic N) is 1. The van der Waals surface area contributed by atoms with Crippen molar-refractivity contribution in [2.75, 3.05) is 0 Å². The van der Waals surface area contributed by atoms with E-state index in [0.717, 1.165) is 24.3 Å². The topological polar surface area (TPSA) is 69.7 Å². The molecule has 2 amide bonds. The minimum absolute atomic E-state index is 0.0411. The lowest BCUT2D eigenvalue weighted by molar-refractivity contribution is -0.316. The average molecular weight is 299 g/mol. The summed E-state index contributed by atoms with van der Waals surface area (Å²) < 4.78 is 36.2. The number of hydrogen-bond donors (Lipinski definition) is 0. The van der Waals surface area contributed by atoms with E-state index < -0.39 is 23.9 Å². The highest BCUT2D eigenvalue weighted by Crippen LogP contribution is 2.15. The fourth-order valence-electron chi connectivity index (χ4n) is 1.65. The lowest BCUT2D eigenvalue weighted by Gasteiger charge is -2.24. The Hall–Kier alpha value is -2.60. The van der Waals surface area contributed by atoms with Gasteiger partial charge in [0, 0.05) is 30.2 Å². The quantitative estimate of drug-likeness (QED) is 0.541. The van der Waals surface area contributed by atoms with E-state index in [2.05, 4.69) is 4.84 Å². The van der Waals surface area contributed by atoms with Gasteiger partial charge < -0.3 is 9.94 Å². The molecule has 5 nitrogen and oxygen atoms in total. The number of rotatable bonds is 2. The summed E-state index contributed by atoms with van der Waals surface area (Å²) in [6.45, 7) is 0. The zero-order valence-corrected chi connectivity index (χ0v) is 10.4. The predicted octanol–water partition coefficient (Wildman–Crippen LogP) is -0.587. The molecule has 1 fully saturated rings. The second-order valence-corrected chi connectivity index (χ2v) is 4.16. The minimum atomic E-state index is -4.59. The summed E-state index contributed by atoms with van der Waals surface area (Å²) in [7, 11) is 0. The number of hydrogen-bond acceptors (Lipinski definition) is 4. The highest BCUT2D eigenvalue weighted by molar-refractivity contribution is 6.00. The van der Waals surface area contributed by atoms with E-state index in [1.54, 1.807) is 0 Å². The Labute approximate surface area is 116 Å². The first-order valence-corrected chi connectivity index (χ1v) is 5.79. The molecule has 0 atom stereocenters. The summed E-state index contributed by atoms with van der Waals surface area (Å²) in [4.78, 5) is 27.1. The molecular weight excluding hydrogens is 291 g/mol. The molecule has 1 heterocycles. The summed E-state index contributed by atoms with van der Waals surface area (Å²) in [5.74, 6) is -2.27. The summed E-state index contributed by atoms with van der Waals surface area (Å²) in [6, 6.07) is 4.22. The van der Waals surface area contributed by atoms with Crippen molar-refractivity contribution in [3.05, 3.63) is 34.7 Å². The van der Waals surface area contributed by atoms with E-state index in [9.17, 15) is 27.9 Å². The molecule has 1 saturated heterocycles. The Kier molecular flexibility index (Phi) is 3.82. The summed E-state index contributed by atoms with van der Waals surface area (Å²) in [6.07, 6.45) is -3.41. The van der Waals surface area contributed by atoms with Gasteiger partial charge in [0.15, 0.2) is 5.22 Å². The number of halogens is 3. The standard InChI is InChI=1S/C13H8F3NO4/c14-13(15,16)7-8-1-3-9(4-2-8)12(20)21-17-10(18)5-6-11(17)19/h1-4H,5-6H2. The van der Waals surface area contributed by atoms with E-state index in [0.29, 0.717) is 5.06 Å². The minimum Gasteiger partial charge on any atom is -0.544 e. The second kappa shape index (κ2) is 5.41. The van der Waals surface area contributed by atoms with Gasteiger partial charge in [-0.15, -0.1) is 13.2 Å². The SMILES string of the molecule is O=C1CCC(=O)N1OC([O-])=c1ccc(=[C+]C(F)(F)F)cc1. The van der Waals surface area contributed by atoms with Crippen molar-refractivity contribution in [2.24, 2.45) is 0 Å². The highest BCUT2D eigenvalue weighted by atomic mass is 19.4. The van der Waals surface area contributed by atoms with Crippen molar-refractivity contribution < 1.29 is 32.7 Å². The third-order valence-electron chi connectivity index (χ3n) is 2.59. The molecule has 21 heavy (non-hydrogen) atoms. The number of hydroxylamine groups is 2. The largest absolute Gasteiger partial charge is 0.544 e. The van der Waals surface area contributed by atoms with Crippen LogP contribution in [-0.2, 0) is 14.4 Å². The van der Waals surface area contributed by atoms with Gasteiger partial charge in [-0.05, 0) is 0 Å². The third-order valence-corrected chi connectivity index (χ3v) is 2.59. The summed E-state index contributed by atoms with van der Waals surface area (Å²) in [5, 5.41) is 11.7. The molecule has 1 aromatic rings. The van der Waals surface area contributed by atoms with Gasteiger partial charge in [0.1, 0.15) is 6.08 Å². The molecule has 0 saturated carbocycles. The Balaban J connectivity index is 2.26. The molecular formula is C13H8F3NO4. The molecule has 0 bridgehead atoms. The normalized spacial score (nSPS) is 15.1. The maximum Gasteiger partial charge on any atom is 0.514 e. The van der Waals surface area contributed by atoms with Gasteiger partial charge in [0.25, 0.3) is 0 Å². The zero-order valence-electron chi connectivity index (χ0n) is 10.4. The second-order valence-electron chi connectivity index (χ2n) is 4.16. The van der Waals surface area contributed by atoms with E-state index >= 15 is 0 Å².